The molecule has 0 saturated carbocycles. The van der Waals surface area contributed by atoms with Gasteiger partial charge in [-0.15, -0.1) is 0 Å². The molecule has 0 spiro atoms. The fraction of sp³-hybridized carbons (Fsp3) is 0.308. The Morgan fingerprint density at radius 1 is 1.47 bits per heavy atom. The van der Waals surface area contributed by atoms with E-state index in [0.29, 0.717) is 6.61 Å². The maximum absolute atomic E-state index is 6.30. The van der Waals surface area contributed by atoms with Gasteiger partial charge in [0.1, 0.15) is 11.6 Å². The Bertz CT molecular complexity index is 535. The Morgan fingerprint density at radius 2 is 2.29 bits per heavy atom. The maximum Gasteiger partial charge on any atom is 0.126 e. The summed E-state index contributed by atoms with van der Waals surface area (Å²) in [6.07, 6.45) is 3.69. The summed E-state index contributed by atoms with van der Waals surface area (Å²) in [5.41, 5.74) is 7.48. The Balaban J connectivity index is 1.95. The van der Waals surface area contributed by atoms with Gasteiger partial charge in [-0.3, -0.25) is 0 Å². The first-order valence-corrected chi connectivity index (χ1v) is 5.72. The van der Waals surface area contributed by atoms with Crippen LogP contribution in [0.4, 0.5) is 0 Å². The van der Waals surface area contributed by atoms with Gasteiger partial charge >= 0.3 is 0 Å². The molecule has 1 aliphatic rings. The summed E-state index contributed by atoms with van der Waals surface area (Å²) >= 11 is 0. The van der Waals surface area contributed by atoms with Crippen molar-refractivity contribution in [2.75, 3.05) is 6.61 Å². The predicted molar refractivity (Wildman–Crippen MR) is 64.8 cm³/mol. The lowest BCUT2D eigenvalue weighted by atomic mass is 9.93. The van der Waals surface area contributed by atoms with Crippen molar-refractivity contribution < 1.29 is 4.74 Å². The molecular formula is C13H15N3O. The number of nitrogens with two attached hydrogens (primary N) is 1. The van der Waals surface area contributed by atoms with Crippen LogP contribution in [-0.2, 0) is 7.05 Å². The van der Waals surface area contributed by atoms with Crippen LogP contribution in [0.2, 0.25) is 0 Å². The summed E-state index contributed by atoms with van der Waals surface area (Å²) < 4.78 is 7.62. The molecule has 3 rings (SSSR count). The average Bonchev–Trinajstić information content (AvgIpc) is 2.94. The Kier molecular flexibility index (Phi) is 2.37. The van der Waals surface area contributed by atoms with Gasteiger partial charge in [-0.05, 0) is 6.07 Å². The van der Waals surface area contributed by atoms with E-state index in [2.05, 4.69) is 11.1 Å². The molecule has 1 aromatic heterocycles. The second-order valence-corrected chi connectivity index (χ2v) is 4.38. The van der Waals surface area contributed by atoms with Crippen LogP contribution in [0.5, 0.6) is 5.75 Å². The number of rotatable bonds is 2. The van der Waals surface area contributed by atoms with Crippen molar-refractivity contribution in [1.82, 2.24) is 9.55 Å². The fourth-order valence-corrected chi connectivity index (χ4v) is 2.36. The summed E-state index contributed by atoms with van der Waals surface area (Å²) in [5.74, 6) is 2.03. The van der Waals surface area contributed by atoms with E-state index in [4.69, 9.17) is 10.5 Å². The van der Waals surface area contributed by atoms with Gasteiger partial charge in [0.15, 0.2) is 0 Å². The number of nitrogens with zero attached hydrogens (tertiary/aromatic N) is 2. The summed E-state index contributed by atoms with van der Waals surface area (Å²) in [5, 5.41) is 0. The molecular weight excluding hydrogens is 214 g/mol. The molecule has 2 N–H and O–H groups in total. The number of hydrogen-bond donors (Lipinski definition) is 1. The van der Waals surface area contributed by atoms with Crippen LogP contribution < -0.4 is 10.5 Å². The van der Waals surface area contributed by atoms with Gasteiger partial charge in [0.05, 0.1) is 12.6 Å². The molecule has 2 unspecified atom stereocenters. The van der Waals surface area contributed by atoms with Crippen molar-refractivity contribution >= 4 is 0 Å². The molecule has 1 aromatic carbocycles. The highest BCUT2D eigenvalue weighted by Gasteiger charge is 2.31. The Hall–Kier alpha value is -1.81. The third-order valence-corrected chi connectivity index (χ3v) is 3.33. The third kappa shape index (κ3) is 1.61. The van der Waals surface area contributed by atoms with Crippen LogP contribution in [0.3, 0.4) is 0 Å². The zero-order valence-electron chi connectivity index (χ0n) is 9.71. The Labute approximate surface area is 100 Å². The fourth-order valence-electron chi connectivity index (χ4n) is 2.36. The highest BCUT2D eigenvalue weighted by Crippen LogP contribution is 2.39. The largest absolute Gasteiger partial charge is 0.493 e. The average molecular weight is 229 g/mol. The van der Waals surface area contributed by atoms with Gasteiger partial charge < -0.3 is 15.0 Å². The van der Waals surface area contributed by atoms with E-state index in [1.807, 2.05) is 36.0 Å². The van der Waals surface area contributed by atoms with Crippen LogP contribution in [-0.4, -0.2) is 16.2 Å². The third-order valence-electron chi connectivity index (χ3n) is 3.33. The van der Waals surface area contributed by atoms with E-state index >= 15 is 0 Å². The van der Waals surface area contributed by atoms with Crippen LogP contribution >= 0.6 is 0 Å². The monoisotopic (exact) mass is 229 g/mol. The number of imidazole rings is 1. The highest BCUT2D eigenvalue weighted by molar-refractivity contribution is 5.41. The summed E-state index contributed by atoms with van der Waals surface area (Å²) in [7, 11) is 1.96. The lowest BCUT2D eigenvalue weighted by molar-refractivity contribution is 0.311. The molecule has 17 heavy (non-hydrogen) atoms. The van der Waals surface area contributed by atoms with E-state index in [-0.39, 0.29) is 12.0 Å². The van der Waals surface area contributed by atoms with Crippen molar-refractivity contribution in [2.24, 2.45) is 12.8 Å². The van der Waals surface area contributed by atoms with Crippen LogP contribution in [0.1, 0.15) is 23.3 Å². The number of benzene rings is 1. The quantitative estimate of drug-likeness (QED) is 0.851. The molecule has 0 amide bonds. The molecule has 2 atom stereocenters. The first-order chi connectivity index (χ1) is 8.27. The second kappa shape index (κ2) is 3.89. The number of aryl methyl sites for hydroxylation is 1. The maximum atomic E-state index is 6.30. The van der Waals surface area contributed by atoms with Gasteiger partial charge in [-0.1, -0.05) is 18.2 Å². The van der Waals surface area contributed by atoms with Gasteiger partial charge in [0.2, 0.25) is 0 Å². The SMILES string of the molecule is Cn1ccnc1C(N)C1COc2ccccc21. The molecule has 0 aliphatic carbocycles. The molecule has 0 fully saturated rings. The molecule has 0 radical (unpaired) electrons. The highest BCUT2D eigenvalue weighted by atomic mass is 16.5. The zero-order chi connectivity index (χ0) is 11.8. The van der Waals surface area contributed by atoms with E-state index in [1.54, 1.807) is 6.20 Å². The number of aromatic nitrogens is 2. The smallest absolute Gasteiger partial charge is 0.126 e. The molecule has 1 aliphatic heterocycles. The minimum atomic E-state index is -0.126. The number of para-hydroxylation sites is 1. The lowest BCUT2D eigenvalue weighted by Crippen LogP contribution is -2.24. The summed E-state index contributed by atoms with van der Waals surface area (Å²) in [6.45, 7) is 0.632. The van der Waals surface area contributed by atoms with Crippen molar-refractivity contribution in [3.8, 4) is 5.75 Å². The first-order valence-electron chi connectivity index (χ1n) is 5.72. The van der Waals surface area contributed by atoms with Crippen molar-refractivity contribution in [3.05, 3.63) is 48.0 Å². The number of ether oxygens (including phenoxy) is 1. The van der Waals surface area contributed by atoms with E-state index in [0.717, 1.165) is 11.6 Å². The van der Waals surface area contributed by atoms with Crippen molar-refractivity contribution in [3.63, 3.8) is 0 Å². The van der Waals surface area contributed by atoms with Crippen molar-refractivity contribution in [1.29, 1.82) is 0 Å². The van der Waals surface area contributed by atoms with Gasteiger partial charge in [-0.2, -0.15) is 0 Å². The minimum absolute atomic E-state index is 0.126. The van der Waals surface area contributed by atoms with Crippen LogP contribution in [0.15, 0.2) is 36.7 Å². The van der Waals surface area contributed by atoms with E-state index in [9.17, 15) is 0 Å². The Morgan fingerprint density at radius 3 is 3.06 bits per heavy atom. The standard InChI is InChI=1S/C13H15N3O/c1-16-7-6-15-13(16)12(14)10-8-17-11-5-3-2-4-9(10)11/h2-7,10,12H,8,14H2,1H3. The summed E-state index contributed by atoms with van der Waals surface area (Å²) in [4.78, 5) is 4.32. The molecule has 4 nitrogen and oxygen atoms in total. The molecule has 0 bridgehead atoms. The topological polar surface area (TPSA) is 53.1 Å². The van der Waals surface area contributed by atoms with E-state index in [1.165, 1.54) is 5.56 Å². The van der Waals surface area contributed by atoms with Crippen molar-refractivity contribution in [2.45, 2.75) is 12.0 Å². The van der Waals surface area contributed by atoms with Crippen LogP contribution in [0.25, 0.3) is 0 Å². The molecule has 88 valence electrons. The first kappa shape index (κ1) is 10.4. The molecule has 4 heteroatoms. The van der Waals surface area contributed by atoms with Gasteiger partial charge in [-0.25, -0.2) is 4.98 Å². The molecule has 0 saturated heterocycles. The van der Waals surface area contributed by atoms with Gasteiger partial charge in [0.25, 0.3) is 0 Å². The summed E-state index contributed by atoms with van der Waals surface area (Å²) in [6, 6.07) is 7.94. The van der Waals surface area contributed by atoms with Gasteiger partial charge in [0, 0.05) is 30.9 Å². The van der Waals surface area contributed by atoms with Crippen LogP contribution in [0, 0.1) is 0 Å². The van der Waals surface area contributed by atoms with E-state index < -0.39 is 0 Å². The second-order valence-electron chi connectivity index (χ2n) is 4.38. The minimum Gasteiger partial charge on any atom is -0.493 e. The number of hydrogen-bond acceptors (Lipinski definition) is 3. The molecule has 2 heterocycles. The normalized spacial score (nSPS) is 19.8. The molecule has 2 aromatic rings. The predicted octanol–water partition coefficient (Wildman–Crippen LogP) is 1.60. The number of fused-ring (bicyclic) bond motifs is 1. The lowest BCUT2D eigenvalue weighted by Gasteiger charge is -2.17. The zero-order valence-corrected chi connectivity index (χ0v) is 9.71.